The van der Waals surface area contributed by atoms with E-state index in [1.807, 2.05) is 6.07 Å². The Bertz CT molecular complexity index is 461. The lowest BCUT2D eigenvalue weighted by atomic mass is 10.1. The molecule has 0 amide bonds. The van der Waals surface area contributed by atoms with Crippen molar-refractivity contribution in [1.82, 2.24) is 10.2 Å². The van der Waals surface area contributed by atoms with E-state index in [0.717, 1.165) is 34.3 Å². The number of nitrogens with zero attached hydrogens (tertiary/aromatic N) is 1. The molecule has 4 nitrogen and oxygen atoms in total. The zero-order valence-electron chi connectivity index (χ0n) is 8.38. The Balaban J connectivity index is 2.49. The van der Waals surface area contributed by atoms with Gasteiger partial charge in [-0.15, -0.1) is 0 Å². The molecule has 3 N–H and O–H groups in total. The van der Waals surface area contributed by atoms with Crippen LogP contribution >= 0.6 is 15.9 Å². The molecular formula is C10H12BrN3O. The van der Waals surface area contributed by atoms with Crippen molar-refractivity contribution < 1.29 is 4.42 Å². The van der Waals surface area contributed by atoms with Crippen LogP contribution in [-0.4, -0.2) is 10.2 Å². The highest BCUT2D eigenvalue weighted by molar-refractivity contribution is 9.10. The van der Waals surface area contributed by atoms with Crippen LogP contribution in [-0.2, 0) is 6.42 Å². The summed E-state index contributed by atoms with van der Waals surface area (Å²) >= 11 is 3.42. The molecule has 0 spiro atoms. The molecule has 0 aliphatic heterocycles. The fourth-order valence-electron chi connectivity index (χ4n) is 1.54. The predicted molar refractivity (Wildman–Crippen MR) is 62.4 cm³/mol. The van der Waals surface area contributed by atoms with E-state index in [1.165, 1.54) is 0 Å². The number of nitrogen functional groups attached to an aromatic ring is 1. The number of aromatic nitrogens is 2. The van der Waals surface area contributed by atoms with Gasteiger partial charge in [0.15, 0.2) is 5.76 Å². The lowest BCUT2D eigenvalue weighted by molar-refractivity contribution is 0.578. The molecule has 0 bridgehead atoms. The van der Waals surface area contributed by atoms with Gasteiger partial charge in [-0.2, -0.15) is 5.10 Å². The number of nitrogens with one attached hydrogen (secondary N) is 1. The van der Waals surface area contributed by atoms with Crippen molar-refractivity contribution in [3.05, 3.63) is 22.4 Å². The lowest BCUT2D eigenvalue weighted by Crippen LogP contribution is -1.92. The Kier molecular flexibility index (Phi) is 2.81. The number of nitrogens with two attached hydrogens (primary N) is 1. The average Bonchev–Trinajstić information content (AvgIpc) is 2.76. The number of halogens is 1. The lowest BCUT2D eigenvalue weighted by Gasteiger charge is -1.99. The van der Waals surface area contributed by atoms with Gasteiger partial charge in [-0.25, -0.2) is 0 Å². The molecule has 0 saturated heterocycles. The van der Waals surface area contributed by atoms with Crippen LogP contribution in [0.15, 0.2) is 21.2 Å². The molecule has 2 rings (SSSR count). The third-order valence-corrected chi connectivity index (χ3v) is 2.87. The van der Waals surface area contributed by atoms with Gasteiger partial charge >= 0.3 is 0 Å². The second-order valence-electron chi connectivity index (χ2n) is 3.31. The van der Waals surface area contributed by atoms with Crippen LogP contribution in [0.25, 0.3) is 11.5 Å². The van der Waals surface area contributed by atoms with E-state index in [0.29, 0.717) is 5.82 Å². The quantitative estimate of drug-likeness (QED) is 0.900. The van der Waals surface area contributed by atoms with Gasteiger partial charge in [0.2, 0.25) is 0 Å². The van der Waals surface area contributed by atoms with Crippen molar-refractivity contribution in [2.75, 3.05) is 5.73 Å². The molecule has 0 aromatic carbocycles. The zero-order chi connectivity index (χ0) is 10.8. The first-order valence-corrected chi connectivity index (χ1v) is 5.59. The van der Waals surface area contributed by atoms with Crippen LogP contribution in [0.4, 0.5) is 5.82 Å². The number of rotatable bonds is 3. The second kappa shape index (κ2) is 4.10. The van der Waals surface area contributed by atoms with E-state index in [1.54, 1.807) is 6.26 Å². The minimum Gasteiger partial charge on any atom is -0.461 e. The number of hydrogen-bond donors (Lipinski definition) is 2. The van der Waals surface area contributed by atoms with E-state index in [4.69, 9.17) is 10.2 Å². The van der Waals surface area contributed by atoms with Gasteiger partial charge in [-0.05, 0) is 28.4 Å². The summed E-state index contributed by atoms with van der Waals surface area (Å²) in [6.45, 7) is 2.10. The summed E-state index contributed by atoms with van der Waals surface area (Å²) in [6.07, 6.45) is 3.55. The summed E-state index contributed by atoms with van der Waals surface area (Å²) in [4.78, 5) is 0. The summed E-state index contributed by atoms with van der Waals surface area (Å²) in [5, 5.41) is 6.91. The number of aromatic amines is 1. The summed E-state index contributed by atoms with van der Waals surface area (Å²) in [7, 11) is 0. The monoisotopic (exact) mass is 269 g/mol. The van der Waals surface area contributed by atoms with Gasteiger partial charge in [-0.3, -0.25) is 5.10 Å². The maximum absolute atomic E-state index is 5.78. The topological polar surface area (TPSA) is 67.8 Å². The van der Waals surface area contributed by atoms with Gasteiger partial charge in [0, 0.05) is 5.56 Å². The highest BCUT2D eigenvalue weighted by Crippen LogP contribution is 2.32. The third kappa shape index (κ3) is 1.79. The Morgan fingerprint density at radius 2 is 2.40 bits per heavy atom. The second-order valence-corrected chi connectivity index (χ2v) is 4.16. The van der Waals surface area contributed by atoms with Crippen LogP contribution in [0.2, 0.25) is 0 Å². The Morgan fingerprint density at radius 1 is 1.60 bits per heavy atom. The van der Waals surface area contributed by atoms with Crippen LogP contribution in [0.5, 0.6) is 0 Å². The van der Waals surface area contributed by atoms with Crippen molar-refractivity contribution in [1.29, 1.82) is 0 Å². The molecule has 0 aliphatic rings. The molecule has 0 unspecified atom stereocenters. The fraction of sp³-hybridized carbons (Fsp3) is 0.300. The summed E-state index contributed by atoms with van der Waals surface area (Å²) in [5.41, 5.74) is 7.67. The van der Waals surface area contributed by atoms with Crippen LogP contribution in [0.3, 0.4) is 0 Å². The smallest absolute Gasteiger partial charge is 0.166 e. The minimum atomic E-state index is 0.551. The highest BCUT2D eigenvalue weighted by Gasteiger charge is 2.16. The van der Waals surface area contributed by atoms with Crippen molar-refractivity contribution >= 4 is 21.7 Å². The van der Waals surface area contributed by atoms with Crippen LogP contribution in [0.1, 0.15) is 18.9 Å². The van der Waals surface area contributed by atoms with Gasteiger partial charge in [-0.1, -0.05) is 13.3 Å². The van der Waals surface area contributed by atoms with Crippen LogP contribution in [0, 0.1) is 0 Å². The SMILES string of the molecule is CCCc1c(N)n[nH]c1-c1occc1Br. The average molecular weight is 270 g/mol. The fourth-order valence-corrected chi connectivity index (χ4v) is 1.94. The Morgan fingerprint density at radius 3 is 3.00 bits per heavy atom. The van der Waals surface area contributed by atoms with Crippen molar-refractivity contribution in [3.63, 3.8) is 0 Å². The molecule has 15 heavy (non-hydrogen) atoms. The molecule has 2 aromatic heterocycles. The van der Waals surface area contributed by atoms with E-state index in [-0.39, 0.29) is 0 Å². The standard InChI is InChI=1S/C10H12BrN3O/c1-2-3-6-8(13-14-10(6)12)9-7(11)4-5-15-9/h4-5H,2-3H2,1H3,(H3,12,13,14). The molecule has 0 aliphatic carbocycles. The number of hydrogen-bond acceptors (Lipinski definition) is 3. The predicted octanol–water partition coefficient (Wildman–Crippen LogP) is 2.97. The highest BCUT2D eigenvalue weighted by atomic mass is 79.9. The van der Waals surface area contributed by atoms with Gasteiger partial charge < -0.3 is 10.2 Å². The minimum absolute atomic E-state index is 0.551. The van der Waals surface area contributed by atoms with Gasteiger partial charge in [0.1, 0.15) is 11.5 Å². The molecule has 80 valence electrons. The molecule has 2 heterocycles. The third-order valence-electron chi connectivity index (χ3n) is 2.24. The molecular weight excluding hydrogens is 258 g/mol. The van der Waals surface area contributed by atoms with Crippen molar-refractivity contribution in [3.8, 4) is 11.5 Å². The summed E-state index contributed by atoms with van der Waals surface area (Å²) in [6, 6.07) is 1.85. The van der Waals surface area contributed by atoms with Gasteiger partial charge in [0.05, 0.1) is 10.7 Å². The number of H-pyrrole nitrogens is 1. The molecule has 5 heteroatoms. The Hall–Kier alpha value is -1.23. The normalized spacial score (nSPS) is 10.8. The number of anilines is 1. The largest absolute Gasteiger partial charge is 0.461 e. The summed E-state index contributed by atoms with van der Waals surface area (Å²) in [5.74, 6) is 1.30. The number of furan rings is 1. The Labute approximate surface area is 96.0 Å². The molecule has 0 radical (unpaired) electrons. The maximum Gasteiger partial charge on any atom is 0.166 e. The molecule has 2 aromatic rings. The molecule has 0 atom stereocenters. The van der Waals surface area contributed by atoms with E-state index < -0.39 is 0 Å². The van der Waals surface area contributed by atoms with E-state index in [9.17, 15) is 0 Å². The first kappa shape index (κ1) is 10.3. The van der Waals surface area contributed by atoms with Crippen molar-refractivity contribution in [2.45, 2.75) is 19.8 Å². The van der Waals surface area contributed by atoms with E-state index in [2.05, 4.69) is 33.1 Å². The maximum atomic E-state index is 5.78. The zero-order valence-corrected chi connectivity index (χ0v) is 9.97. The van der Waals surface area contributed by atoms with Crippen molar-refractivity contribution in [2.24, 2.45) is 0 Å². The molecule has 0 fully saturated rings. The summed E-state index contributed by atoms with van der Waals surface area (Å²) < 4.78 is 6.28. The first-order valence-electron chi connectivity index (χ1n) is 4.80. The van der Waals surface area contributed by atoms with E-state index >= 15 is 0 Å². The molecule has 0 saturated carbocycles. The first-order chi connectivity index (χ1) is 7.24. The van der Waals surface area contributed by atoms with Gasteiger partial charge in [0.25, 0.3) is 0 Å². The van der Waals surface area contributed by atoms with Crippen LogP contribution < -0.4 is 5.73 Å².